The molecule has 0 saturated carbocycles. The zero-order chi connectivity index (χ0) is 17.0. The first kappa shape index (κ1) is 17.8. The van der Waals surface area contributed by atoms with Crippen molar-refractivity contribution in [3.8, 4) is 5.75 Å². The normalized spacial score (nSPS) is 18.0. The number of carboxylic acids is 1. The molecule has 1 aliphatic rings. The lowest BCUT2D eigenvalue weighted by atomic mass is 9.90. The van der Waals surface area contributed by atoms with E-state index in [2.05, 4.69) is 5.32 Å². The number of aliphatic carboxylic acids is 1. The predicted molar refractivity (Wildman–Crippen MR) is 85.1 cm³/mol. The highest BCUT2D eigenvalue weighted by molar-refractivity contribution is 6.35. The van der Waals surface area contributed by atoms with E-state index in [0.717, 1.165) is 0 Å². The summed E-state index contributed by atoms with van der Waals surface area (Å²) in [7, 11) is 0. The second-order valence-electron chi connectivity index (χ2n) is 5.32. The topological polar surface area (TPSA) is 84.9 Å². The van der Waals surface area contributed by atoms with Crippen molar-refractivity contribution in [3.63, 3.8) is 0 Å². The van der Waals surface area contributed by atoms with Crippen molar-refractivity contribution in [2.75, 3.05) is 13.2 Å². The molecule has 0 radical (unpaired) electrons. The van der Waals surface area contributed by atoms with Gasteiger partial charge < -0.3 is 19.9 Å². The number of ether oxygens (including phenoxy) is 2. The van der Waals surface area contributed by atoms with Crippen LogP contribution >= 0.6 is 23.2 Å². The van der Waals surface area contributed by atoms with Gasteiger partial charge in [0.15, 0.2) is 6.10 Å². The standard InChI is InChI=1S/C15H17Cl2NO5/c1-9(23-12-3-2-10(16)8-11(12)17)13(19)18-15(14(20)21)4-6-22-7-5-15/h2-3,8-9H,4-7H2,1H3,(H,18,19)(H,20,21). The molecule has 1 aromatic carbocycles. The number of hydrogen-bond acceptors (Lipinski definition) is 4. The number of carbonyl (C=O) groups excluding carboxylic acids is 1. The van der Waals surface area contributed by atoms with E-state index in [1.807, 2.05) is 0 Å². The third kappa shape index (κ3) is 4.28. The number of amides is 1. The van der Waals surface area contributed by atoms with Crippen LogP contribution in [0.25, 0.3) is 0 Å². The Morgan fingerprint density at radius 1 is 1.35 bits per heavy atom. The van der Waals surface area contributed by atoms with Gasteiger partial charge in [0.2, 0.25) is 0 Å². The molecule has 1 fully saturated rings. The Kier molecular flexibility index (Phi) is 5.73. The average molecular weight is 362 g/mol. The van der Waals surface area contributed by atoms with E-state index in [4.69, 9.17) is 32.7 Å². The molecule has 8 heteroatoms. The van der Waals surface area contributed by atoms with Gasteiger partial charge in [0.25, 0.3) is 5.91 Å². The van der Waals surface area contributed by atoms with Crippen molar-refractivity contribution in [1.29, 1.82) is 0 Å². The summed E-state index contributed by atoms with van der Waals surface area (Å²) >= 11 is 11.8. The molecule has 2 rings (SSSR count). The van der Waals surface area contributed by atoms with Crippen LogP contribution in [0.2, 0.25) is 10.0 Å². The molecule has 1 heterocycles. The maximum absolute atomic E-state index is 12.3. The summed E-state index contributed by atoms with van der Waals surface area (Å²) in [5, 5.41) is 12.7. The Morgan fingerprint density at radius 3 is 2.57 bits per heavy atom. The number of benzene rings is 1. The summed E-state index contributed by atoms with van der Waals surface area (Å²) in [5.74, 6) is -1.30. The molecule has 1 saturated heterocycles. The highest BCUT2D eigenvalue weighted by Gasteiger charge is 2.42. The quantitative estimate of drug-likeness (QED) is 0.841. The summed E-state index contributed by atoms with van der Waals surface area (Å²) < 4.78 is 10.7. The van der Waals surface area contributed by atoms with Crippen LogP contribution in [0.1, 0.15) is 19.8 Å². The van der Waals surface area contributed by atoms with Crippen LogP contribution in [-0.2, 0) is 14.3 Å². The fourth-order valence-electron chi connectivity index (χ4n) is 2.26. The highest BCUT2D eigenvalue weighted by atomic mass is 35.5. The van der Waals surface area contributed by atoms with Crippen LogP contribution in [0.3, 0.4) is 0 Å². The first-order valence-electron chi connectivity index (χ1n) is 7.09. The van der Waals surface area contributed by atoms with Crippen molar-refractivity contribution in [2.24, 2.45) is 0 Å². The molecule has 1 unspecified atom stereocenters. The molecule has 1 aliphatic heterocycles. The average Bonchev–Trinajstić information content (AvgIpc) is 2.50. The number of carbonyl (C=O) groups is 2. The summed E-state index contributed by atoms with van der Waals surface area (Å²) in [6, 6.07) is 4.64. The van der Waals surface area contributed by atoms with Gasteiger partial charge in [-0.1, -0.05) is 23.2 Å². The van der Waals surface area contributed by atoms with Crippen molar-refractivity contribution >= 4 is 35.1 Å². The van der Waals surface area contributed by atoms with E-state index in [1.165, 1.54) is 13.0 Å². The van der Waals surface area contributed by atoms with Gasteiger partial charge >= 0.3 is 5.97 Å². The molecule has 0 aromatic heterocycles. The molecule has 23 heavy (non-hydrogen) atoms. The Morgan fingerprint density at radius 2 is 2.00 bits per heavy atom. The fraction of sp³-hybridized carbons (Fsp3) is 0.467. The molecule has 0 aliphatic carbocycles. The van der Waals surface area contributed by atoms with Gasteiger partial charge in [-0.3, -0.25) is 4.79 Å². The Hall–Kier alpha value is -1.50. The first-order chi connectivity index (χ1) is 10.8. The number of rotatable bonds is 5. The van der Waals surface area contributed by atoms with E-state index < -0.39 is 23.5 Å². The van der Waals surface area contributed by atoms with Crippen molar-refractivity contribution in [3.05, 3.63) is 28.2 Å². The summed E-state index contributed by atoms with van der Waals surface area (Å²) in [6.07, 6.45) is -0.488. The van der Waals surface area contributed by atoms with Gasteiger partial charge in [-0.05, 0) is 25.1 Å². The number of hydrogen-bond donors (Lipinski definition) is 2. The number of carboxylic acid groups (broad SMARTS) is 1. The van der Waals surface area contributed by atoms with Gasteiger partial charge in [-0.2, -0.15) is 0 Å². The minimum Gasteiger partial charge on any atom is -0.480 e. The smallest absolute Gasteiger partial charge is 0.329 e. The molecule has 1 aromatic rings. The zero-order valence-corrected chi connectivity index (χ0v) is 14.0. The Labute approximate surface area is 143 Å². The third-order valence-corrected chi connectivity index (χ3v) is 4.22. The van der Waals surface area contributed by atoms with Crippen LogP contribution in [0.15, 0.2) is 18.2 Å². The lowest BCUT2D eigenvalue weighted by Gasteiger charge is -2.34. The molecular formula is C15H17Cl2NO5. The van der Waals surface area contributed by atoms with Crippen LogP contribution < -0.4 is 10.1 Å². The minimum absolute atomic E-state index is 0.211. The molecule has 0 spiro atoms. The monoisotopic (exact) mass is 361 g/mol. The predicted octanol–water partition coefficient (Wildman–Crippen LogP) is 2.51. The number of nitrogens with one attached hydrogen (secondary N) is 1. The first-order valence-corrected chi connectivity index (χ1v) is 7.84. The largest absolute Gasteiger partial charge is 0.480 e. The molecule has 0 bridgehead atoms. The molecule has 2 N–H and O–H groups in total. The van der Waals surface area contributed by atoms with Gasteiger partial charge in [-0.15, -0.1) is 0 Å². The van der Waals surface area contributed by atoms with E-state index in [-0.39, 0.29) is 31.1 Å². The van der Waals surface area contributed by atoms with Crippen LogP contribution in [0.4, 0.5) is 0 Å². The number of halogens is 2. The van der Waals surface area contributed by atoms with Crippen molar-refractivity contribution in [2.45, 2.75) is 31.4 Å². The second kappa shape index (κ2) is 7.38. The zero-order valence-electron chi connectivity index (χ0n) is 12.5. The van der Waals surface area contributed by atoms with Crippen LogP contribution in [0.5, 0.6) is 5.75 Å². The molecule has 1 amide bonds. The molecule has 1 atom stereocenters. The SMILES string of the molecule is CC(Oc1ccc(Cl)cc1Cl)C(=O)NC1(C(=O)O)CCOCC1. The van der Waals surface area contributed by atoms with E-state index in [1.54, 1.807) is 12.1 Å². The van der Waals surface area contributed by atoms with E-state index in [0.29, 0.717) is 10.8 Å². The molecule has 126 valence electrons. The molecular weight excluding hydrogens is 345 g/mol. The fourth-order valence-corrected chi connectivity index (χ4v) is 2.72. The molecule has 6 nitrogen and oxygen atoms in total. The van der Waals surface area contributed by atoms with E-state index in [9.17, 15) is 14.7 Å². The third-order valence-electron chi connectivity index (χ3n) is 3.69. The summed E-state index contributed by atoms with van der Waals surface area (Å²) in [4.78, 5) is 23.8. The summed E-state index contributed by atoms with van der Waals surface area (Å²) in [6.45, 7) is 2.09. The maximum atomic E-state index is 12.3. The highest BCUT2D eigenvalue weighted by Crippen LogP contribution is 2.28. The second-order valence-corrected chi connectivity index (χ2v) is 6.17. The van der Waals surface area contributed by atoms with Crippen LogP contribution in [-0.4, -0.2) is 41.8 Å². The van der Waals surface area contributed by atoms with Crippen molar-refractivity contribution in [1.82, 2.24) is 5.32 Å². The lowest BCUT2D eigenvalue weighted by molar-refractivity contribution is -0.153. The van der Waals surface area contributed by atoms with Crippen LogP contribution in [0, 0.1) is 0 Å². The maximum Gasteiger partial charge on any atom is 0.329 e. The minimum atomic E-state index is -1.32. The summed E-state index contributed by atoms with van der Waals surface area (Å²) in [5.41, 5.74) is -1.32. The van der Waals surface area contributed by atoms with E-state index >= 15 is 0 Å². The van der Waals surface area contributed by atoms with Gasteiger partial charge in [-0.25, -0.2) is 4.79 Å². The van der Waals surface area contributed by atoms with Crippen molar-refractivity contribution < 1.29 is 24.2 Å². The van der Waals surface area contributed by atoms with Gasteiger partial charge in [0.05, 0.1) is 5.02 Å². The Balaban J connectivity index is 2.05. The lowest BCUT2D eigenvalue weighted by Crippen LogP contribution is -2.59. The van der Waals surface area contributed by atoms with Gasteiger partial charge in [0, 0.05) is 31.1 Å². The Bertz CT molecular complexity index is 602. The van der Waals surface area contributed by atoms with Gasteiger partial charge in [0.1, 0.15) is 11.3 Å².